The van der Waals surface area contributed by atoms with Gasteiger partial charge >= 0.3 is 0 Å². The van der Waals surface area contributed by atoms with Crippen LogP contribution in [0.1, 0.15) is 23.8 Å². The van der Waals surface area contributed by atoms with E-state index in [4.69, 9.17) is 0 Å². The lowest BCUT2D eigenvalue weighted by Crippen LogP contribution is -2.44. The molecule has 0 unspecified atom stereocenters. The number of carbonyl (C=O) groups excluding carboxylic acids is 1. The molecule has 0 spiro atoms. The summed E-state index contributed by atoms with van der Waals surface area (Å²) in [7, 11) is 0. The minimum absolute atomic E-state index is 0.111. The van der Waals surface area contributed by atoms with E-state index in [9.17, 15) is 4.79 Å². The second-order valence-corrected chi connectivity index (χ2v) is 6.86. The maximum Gasteiger partial charge on any atom is 0.239 e. The lowest BCUT2D eigenvalue weighted by atomic mass is 9.96. The van der Waals surface area contributed by atoms with Crippen LogP contribution < -0.4 is 10.2 Å². The van der Waals surface area contributed by atoms with Gasteiger partial charge < -0.3 is 10.2 Å². The Kier molecular flexibility index (Phi) is 4.78. The second kappa shape index (κ2) is 6.97. The highest BCUT2D eigenvalue weighted by Gasteiger charge is 2.24. The number of rotatable bonds is 5. The van der Waals surface area contributed by atoms with Crippen molar-refractivity contribution in [2.45, 2.75) is 32.2 Å². The van der Waals surface area contributed by atoms with Gasteiger partial charge in [-0.15, -0.1) is 11.3 Å². The van der Waals surface area contributed by atoms with Crippen LogP contribution >= 0.6 is 11.3 Å². The molecule has 2 aromatic rings. The van der Waals surface area contributed by atoms with Crippen LogP contribution in [-0.4, -0.2) is 25.0 Å². The lowest BCUT2D eigenvalue weighted by molar-refractivity contribution is -0.119. The molecule has 0 saturated carbocycles. The summed E-state index contributed by atoms with van der Waals surface area (Å²) in [4.78, 5) is 15.8. The predicted octanol–water partition coefficient (Wildman–Crippen LogP) is 3.25. The van der Waals surface area contributed by atoms with Crippen LogP contribution in [0.25, 0.3) is 0 Å². The molecule has 116 valence electrons. The Balaban J connectivity index is 1.56. The summed E-state index contributed by atoms with van der Waals surface area (Å²) < 4.78 is 0. The third-order valence-corrected chi connectivity index (χ3v) is 5.19. The number of nitrogens with zero attached hydrogens (tertiary/aromatic N) is 1. The lowest BCUT2D eigenvalue weighted by Gasteiger charge is -2.36. The largest absolute Gasteiger partial charge is 0.359 e. The highest BCUT2D eigenvalue weighted by atomic mass is 32.1. The molecule has 1 aliphatic heterocycles. The van der Waals surface area contributed by atoms with Gasteiger partial charge in [-0.3, -0.25) is 4.79 Å². The summed E-state index contributed by atoms with van der Waals surface area (Å²) >= 11 is 1.74. The average molecular weight is 314 g/mol. The molecular weight excluding hydrogens is 292 g/mol. The number of hydrogen-bond donors (Lipinski definition) is 1. The standard InChI is InChI=1S/C18H22N2OS/c1-14-8-9-15-5-2-3-7-17(15)20(14)13-18(21)19-11-10-16-6-4-12-22-16/h2-7,12,14H,8-11,13H2,1H3,(H,19,21)/t14-/m0/s1. The molecule has 3 nitrogen and oxygen atoms in total. The molecule has 1 aromatic heterocycles. The van der Waals surface area contributed by atoms with Crippen molar-refractivity contribution in [1.29, 1.82) is 0 Å². The molecule has 1 atom stereocenters. The Bertz CT molecular complexity index is 624. The van der Waals surface area contributed by atoms with E-state index in [-0.39, 0.29) is 5.91 Å². The summed E-state index contributed by atoms with van der Waals surface area (Å²) in [5, 5.41) is 5.12. The predicted molar refractivity (Wildman–Crippen MR) is 92.6 cm³/mol. The maximum atomic E-state index is 12.2. The number of thiophene rings is 1. The molecule has 0 fully saturated rings. The van der Waals surface area contributed by atoms with Gasteiger partial charge in [-0.1, -0.05) is 24.3 Å². The zero-order chi connectivity index (χ0) is 15.4. The SMILES string of the molecule is C[C@H]1CCc2ccccc2N1CC(=O)NCCc1cccs1. The quantitative estimate of drug-likeness (QED) is 0.919. The molecule has 22 heavy (non-hydrogen) atoms. The number of benzene rings is 1. The molecule has 1 aromatic carbocycles. The molecule has 0 bridgehead atoms. The first kappa shape index (κ1) is 15.1. The van der Waals surface area contributed by atoms with Crippen molar-refractivity contribution in [3.8, 4) is 0 Å². The third-order valence-electron chi connectivity index (χ3n) is 4.25. The molecular formula is C18H22N2OS. The normalized spacial score (nSPS) is 17.1. The van der Waals surface area contributed by atoms with E-state index < -0.39 is 0 Å². The van der Waals surface area contributed by atoms with Gasteiger partial charge in [-0.05, 0) is 49.3 Å². The Hall–Kier alpha value is -1.81. The van der Waals surface area contributed by atoms with Crippen molar-refractivity contribution >= 4 is 22.9 Å². The smallest absolute Gasteiger partial charge is 0.239 e. The van der Waals surface area contributed by atoms with Crippen LogP contribution in [0, 0.1) is 0 Å². The third kappa shape index (κ3) is 3.50. The van der Waals surface area contributed by atoms with E-state index in [0.717, 1.165) is 19.3 Å². The van der Waals surface area contributed by atoms with Crippen molar-refractivity contribution < 1.29 is 4.79 Å². The molecule has 4 heteroatoms. The van der Waals surface area contributed by atoms with Crippen molar-refractivity contribution in [3.05, 3.63) is 52.2 Å². The molecule has 1 amide bonds. The van der Waals surface area contributed by atoms with Crippen LogP contribution in [-0.2, 0) is 17.6 Å². The topological polar surface area (TPSA) is 32.3 Å². The minimum Gasteiger partial charge on any atom is -0.359 e. The van der Waals surface area contributed by atoms with Gasteiger partial charge in [0.05, 0.1) is 6.54 Å². The molecule has 0 saturated heterocycles. The summed E-state index contributed by atoms with van der Waals surface area (Å²) in [6, 6.07) is 13.0. The molecule has 2 heterocycles. The number of carbonyl (C=O) groups is 1. The number of amides is 1. The molecule has 0 radical (unpaired) electrons. The van der Waals surface area contributed by atoms with Gasteiger partial charge in [0.15, 0.2) is 0 Å². The monoisotopic (exact) mass is 314 g/mol. The molecule has 3 rings (SSSR count). The first-order valence-corrected chi connectivity index (χ1v) is 8.75. The van der Waals surface area contributed by atoms with Crippen LogP contribution in [0.15, 0.2) is 41.8 Å². The fraction of sp³-hybridized carbons (Fsp3) is 0.389. The van der Waals surface area contributed by atoms with Gasteiger partial charge in [-0.2, -0.15) is 0 Å². The number of nitrogens with one attached hydrogen (secondary N) is 1. The van der Waals surface area contributed by atoms with Crippen LogP contribution in [0.2, 0.25) is 0 Å². The molecule has 1 aliphatic rings. The summed E-state index contributed by atoms with van der Waals surface area (Å²) in [6.07, 6.45) is 3.13. The molecule has 0 aliphatic carbocycles. The zero-order valence-corrected chi connectivity index (χ0v) is 13.7. The summed E-state index contributed by atoms with van der Waals surface area (Å²) in [6.45, 7) is 3.36. The summed E-state index contributed by atoms with van der Waals surface area (Å²) in [5.41, 5.74) is 2.57. The fourth-order valence-corrected chi connectivity index (χ4v) is 3.70. The molecule has 1 N–H and O–H groups in total. The Labute approximate surface area is 136 Å². The number of anilines is 1. The first-order chi connectivity index (χ1) is 10.7. The van der Waals surface area contributed by atoms with E-state index in [1.54, 1.807) is 11.3 Å². The average Bonchev–Trinajstić information content (AvgIpc) is 3.03. The van der Waals surface area contributed by atoms with E-state index in [1.807, 2.05) is 6.07 Å². The van der Waals surface area contributed by atoms with Gasteiger partial charge in [0.2, 0.25) is 5.91 Å². The number of para-hydroxylation sites is 1. The van der Waals surface area contributed by atoms with E-state index in [1.165, 1.54) is 16.1 Å². The highest BCUT2D eigenvalue weighted by Crippen LogP contribution is 2.29. The van der Waals surface area contributed by atoms with Gasteiger partial charge in [0.25, 0.3) is 0 Å². The van der Waals surface area contributed by atoms with Crippen LogP contribution in [0.3, 0.4) is 0 Å². The first-order valence-electron chi connectivity index (χ1n) is 7.87. The fourth-order valence-electron chi connectivity index (χ4n) is 2.99. The maximum absolute atomic E-state index is 12.2. The minimum atomic E-state index is 0.111. The van der Waals surface area contributed by atoms with Gasteiger partial charge in [0.1, 0.15) is 0 Å². The zero-order valence-electron chi connectivity index (χ0n) is 12.9. The number of aryl methyl sites for hydroxylation is 1. The van der Waals surface area contributed by atoms with Crippen molar-refractivity contribution in [2.24, 2.45) is 0 Å². The Morgan fingerprint density at radius 2 is 2.18 bits per heavy atom. The number of fused-ring (bicyclic) bond motifs is 1. The Morgan fingerprint density at radius 3 is 3.00 bits per heavy atom. The Morgan fingerprint density at radius 1 is 1.32 bits per heavy atom. The van der Waals surface area contributed by atoms with Gasteiger partial charge in [-0.25, -0.2) is 0 Å². The van der Waals surface area contributed by atoms with E-state index in [0.29, 0.717) is 19.1 Å². The second-order valence-electron chi connectivity index (χ2n) is 5.82. The number of hydrogen-bond acceptors (Lipinski definition) is 3. The van der Waals surface area contributed by atoms with Crippen molar-refractivity contribution in [1.82, 2.24) is 5.32 Å². The van der Waals surface area contributed by atoms with Crippen molar-refractivity contribution in [3.63, 3.8) is 0 Å². The highest BCUT2D eigenvalue weighted by molar-refractivity contribution is 7.09. The van der Waals surface area contributed by atoms with Gasteiger partial charge in [0, 0.05) is 23.2 Å². The van der Waals surface area contributed by atoms with E-state index >= 15 is 0 Å². The van der Waals surface area contributed by atoms with Crippen LogP contribution in [0.5, 0.6) is 0 Å². The van der Waals surface area contributed by atoms with Crippen molar-refractivity contribution in [2.75, 3.05) is 18.0 Å². The van der Waals surface area contributed by atoms with E-state index in [2.05, 4.69) is 52.9 Å². The summed E-state index contributed by atoms with van der Waals surface area (Å²) in [5.74, 6) is 0.111. The van der Waals surface area contributed by atoms with Crippen LogP contribution in [0.4, 0.5) is 5.69 Å².